The molecule has 28 heavy (non-hydrogen) atoms. The monoisotopic (exact) mass is 459 g/mol. The summed E-state index contributed by atoms with van der Waals surface area (Å²) in [7, 11) is 0. The quantitative estimate of drug-likeness (QED) is 0.381. The first-order valence-corrected chi connectivity index (χ1v) is 13.7. The third kappa shape index (κ3) is 24.0. The molecule has 6 heteroatoms. The van der Waals surface area contributed by atoms with Crippen LogP contribution >= 0.6 is 0 Å². The second-order valence-corrected chi connectivity index (χ2v) is 11.4. The summed E-state index contributed by atoms with van der Waals surface area (Å²) >= 11 is -0.171. The van der Waals surface area contributed by atoms with E-state index in [9.17, 15) is 19.8 Å². The van der Waals surface area contributed by atoms with Gasteiger partial charge in [0.25, 0.3) is 14.1 Å². The molecule has 0 aliphatic heterocycles. The van der Waals surface area contributed by atoms with E-state index in [1.165, 1.54) is 15.8 Å². The Morgan fingerprint density at radius 1 is 0.679 bits per heavy atom. The Morgan fingerprint density at radius 2 is 0.964 bits per heavy atom. The number of carbonyl (C=O) groups excluding carboxylic acids is 2. The second kappa shape index (κ2) is 27.0. The van der Waals surface area contributed by atoms with Gasteiger partial charge in [0.1, 0.15) is 0 Å². The van der Waals surface area contributed by atoms with Gasteiger partial charge in [-0.2, -0.15) is 0 Å². The standard InChI is InChI=1S/2C8H16O2.3C2H5.Al.Co/c2*1-3-5-6-7(4-2)8(9)10;3*1-2;;/h2*7H,3-6H2,1-2H3,(H,9,10);3*1H2,2H3;;/q;;;;;;+2/p-2. The maximum absolute atomic E-state index is 10.3. The van der Waals surface area contributed by atoms with Crippen LogP contribution in [-0.4, -0.2) is 26.1 Å². The number of rotatable bonds is 13. The van der Waals surface area contributed by atoms with E-state index in [-0.39, 0.29) is 42.8 Å². The van der Waals surface area contributed by atoms with Crippen LogP contribution in [0.25, 0.3) is 0 Å². The smallest absolute Gasteiger partial charge is 0.550 e. The van der Waals surface area contributed by atoms with Gasteiger partial charge < -0.3 is 19.8 Å². The number of unbranched alkanes of at least 4 members (excludes halogenated alkanes) is 2. The molecule has 0 aromatic rings. The summed E-state index contributed by atoms with van der Waals surface area (Å²) in [6, 6.07) is 0. The van der Waals surface area contributed by atoms with Crippen LogP contribution in [0.3, 0.4) is 0 Å². The van der Waals surface area contributed by atoms with Crippen LogP contribution in [0.5, 0.6) is 0 Å². The summed E-state index contributed by atoms with van der Waals surface area (Å²) in [6.07, 6.45) is 7.04. The van der Waals surface area contributed by atoms with Crippen LogP contribution in [0, 0.1) is 11.8 Å². The first kappa shape index (κ1) is 35.4. The summed E-state index contributed by atoms with van der Waals surface area (Å²) < 4.78 is 0. The number of hydrogen-bond donors (Lipinski definition) is 0. The zero-order chi connectivity index (χ0) is 21.7. The second-order valence-electron chi connectivity index (χ2n) is 7.22. The first-order valence-electron chi connectivity index (χ1n) is 11.2. The zero-order valence-electron chi connectivity index (χ0n) is 19.5. The molecule has 0 spiro atoms. The topological polar surface area (TPSA) is 80.3 Å². The summed E-state index contributed by atoms with van der Waals surface area (Å²) in [4.78, 5) is 20.7. The molecule has 2 atom stereocenters. The Hall–Kier alpha value is -0.0210. The normalized spacial score (nSPS) is 11.5. The molecule has 0 N–H and O–H groups in total. The van der Waals surface area contributed by atoms with E-state index in [0.717, 1.165) is 38.5 Å². The van der Waals surface area contributed by atoms with Gasteiger partial charge in [-0.3, -0.25) is 0 Å². The van der Waals surface area contributed by atoms with Crippen molar-refractivity contribution in [2.45, 2.75) is 116 Å². The molecule has 0 saturated carbocycles. The zero-order valence-corrected chi connectivity index (χ0v) is 21.7. The van der Waals surface area contributed by atoms with Gasteiger partial charge in [-0.05, 0) is 37.5 Å². The Balaban J connectivity index is -0.000000154. The minimum absolute atomic E-state index is 0. The van der Waals surface area contributed by atoms with Gasteiger partial charge in [-0.25, -0.2) is 0 Å². The molecule has 169 valence electrons. The van der Waals surface area contributed by atoms with Crippen LogP contribution in [0.2, 0.25) is 15.8 Å². The molecule has 4 nitrogen and oxygen atoms in total. The molecule has 0 aliphatic carbocycles. The molecule has 1 radical (unpaired) electrons. The van der Waals surface area contributed by atoms with Gasteiger partial charge in [0.2, 0.25) is 0 Å². The van der Waals surface area contributed by atoms with Gasteiger partial charge in [0.15, 0.2) is 0 Å². The van der Waals surface area contributed by atoms with Crippen LogP contribution in [-0.2, 0) is 26.4 Å². The molecule has 0 heterocycles. The van der Waals surface area contributed by atoms with Crippen LogP contribution in [0.15, 0.2) is 0 Å². The average molecular weight is 460 g/mol. The van der Waals surface area contributed by atoms with Gasteiger partial charge in [-0.15, -0.1) is 0 Å². The van der Waals surface area contributed by atoms with Gasteiger partial charge in [0.05, 0.1) is 0 Å². The van der Waals surface area contributed by atoms with Crippen molar-refractivity contribution in [2.75, 3.05) is 0 Å². The molecule has 0 rings (SSSR count). The van der Waals surface area contributed by atoms with Gasteiger partial charge >= 0.3 is 16.8 Å². The Kier molecular flexibility index (Phi) is 34.1. The third-order valence-corrected chi connectivity index (χ3v) is 8.66. The van der Waals surface area contributed by atoms with Crippen molar-refractivity contribution in [1.82, 2.24) is 0 Å². The summed E-state index contributed by atoms with van der Waals surface area (Å²) in [5, 5.41) is 25.1. The summed E-state index contributed by atoms with van der Waals surface area (Å²) in [5.74, 6) is -2.23. The molecule has 0 bridgehead atoms. The number of hydrogen-bond acceptors (Lipinski definition) is 4. The molecular formula is C22H45AlCoO4. The molecule has 0 saturated heterocycles. The van der Waals surface area contributed by atoms with Crippen LogP contribution in [0.1, 0.15) is 99.8 Å². The van der Waals surface area contributed by atoms with E-state index < -0.39 is 11.9 Å². The van der Waals surface area contributed by atoms with Crippen molar-refractivity contribution < 1.29 is 36.6 Å². The third-order valence-electron chi connectivity index (χ3n) is 5.20. The number of aliphatic carboxylic acids is 2. The molecule has 0 aromatic carbocycles. The van der Waals surface area contributed by atoms with E-state index in [0.29, 0.717) is 12.8 Å². The summed E-state index contributed by atoms with van der Waals surface area (Å²) in [6.45, 7) is 14.9. The number of carboxylic acids is 2. The van der Waals surface area contributed by atoms with Gasteiger partial charge in [-0.1, -0.05) is 90.0 Å². The summed E-state index contributed by atoms with van der Waals surface area (Å²) in [5.41, 5.74) is 0. The minimum Gasteiger partial charge on any atom is -0.550 e. The Bertz CT molecular complexity index is 305. The minimum atomic E-state index is -0.893. The largest absolute Gasteiger partial charge is 2.00 e. The van der Waals surface area contributed by atoms with Crippen LogP contribution < -0.4 is 10.2 Å². The number of carbonyl (C=O) groups is 2. The first-order chi connectivity index (χ1) is 12.8. The van der Waals surface area contributed by atoms with Crippen molar-refractivity contribution in [1.29, 1.82) is 0 Å². The van der Waals surface area contributed by atoms with Gasteiger partial charge in [0, 0.05) is 11.9 Å². The fraction of sp³-hybridized carbons (Fsp3) is 0.909. The van der Waals surface area contributed by atoms with E-state index >= 15 is 0 Å². The van der Waals surface area contributed by atoms with E-state index in [4.69, 9.17) is 0 Å². The Labute approximate surface area is 189 Å². The SMILES string of the molecule is CCCCC(CC)C(=O)[O-].CCCCC(CC)C(=O)[O-].C[CH2][Al]([CH2]C)[CH2]C.[Co+2]. The van der Waals surface area contributed by atoms with E-state index in [2.05, 4.69) is 34.6 Å². The molecular weight excluding hydrogens is 414 g/mol. The fourth-order valence-corrected chi connectivity index (χ4v) is 4.48. The fourth-order valence-electron chi connectivity index (χ4n) is 2.74. The molecule has 0 amide bonds. The molecule has 2 unspecified atom stereocenters. The Morgan fingerprint density at radius 3 is 1.07 bits per heavy atom. The molecule has 0 fully saturated rings. The van der Waals surface area contributed by atoms with E-state index in [1.54, 1.807) is 0 Å². The maximum atomic E-state index is 10.3. The van der Waals surface area contributed by atoms with Crippen molar-refractivity contribution in [2.24, 2.45) is 11.8 Å². The van der Waals surface area contributed by atoms with Crippen molar-refractivity contribution in [3.63, 3.8) is 0 Å². The maximum Gasteiger partial charge on any atom is 2.00 e. The number of carboxylic acid groups (broad SMARTS) is 2. The van der Waals surface area contributed by atoms with Crippen molar-refractivity contribution in [3.05, 3.63) is 0 Å². The van der Waals surface area contributed by atoms with E-state index in [1.807, 2.05) is 13.8 Å². The predicted octanol–water partition coefficient (Wildman–Crippen LogP) is 4.44. The molecule has 0 aliphatic rings. The molecule has 0 aromatic heterocycles. The van der Waals surface area contributed by atoms with Crippen molar-refractivity contribution >= 4 is 26.1 Å². The average Bonchev–Trinajstić information content (AvgIpc) is 2.65. The van der Waals surface area contributed by atoms with Crippen LogP contribution in [0.4, 0.5) is 0 Å². The van der Waals surface area contributed by atoms with Crippen molar-refractivity contribution in [3.8, 4) is 0 Å². The predicted molar refractivity (Wildman–Crippen MR) is 114 cm³/mol.